The third-order valence-corrected chi connectivity index (χ3v) is 2.72. The molecular formula is C11H15BN2O3. The predicted molar refractivity (Wildman–Crippen MR) is 66.0 cm³/mol. The number of ether oxygens (including phenoxy) is 1. The second-order valence-corrected chi connectivity index (χ2v) is 4.36. The van der Waals surface area contributed by atoms with E-state index in [-0.39, 0.29) is 0 Å². The Morgan fingerprint density at radius 1 is 1.53 bits per heavy atom. The van der Waals surface area contributed by atoms with Gasteiger partial charge in [-0.15, -0.1) is 0 Å². The quantitative estimate of drug-likeness (QED) is 0.763. The van der Waals surface area contributed by atoms with Crippen molar-refractivity contribution in [1.82, 2.24) is 4.98 Å². The molecule has 1 saturated heterocycles. The second kappa shape index (κ2) is 3.96. The number of methoxy groups -OCH3 is 1. The summed E-state index contributed by atoms with van der Waals surface area (Å²) in [7, 11) is 1.02. The highest BCUT2D eigenvalue weighted by molar-refractivity contribution is 6.62. The van der Waals surface area contributed by atoms with Crippen molar-refractivity contribution in [2.24, 2.45) is 0 Å². The largest absolute Gasteiger partial charge is 0.565 e. The Balaban J connectivity index is 2.28. The van der Waals surface area contributed by atoms with Crippen LogP contribution in [0.15, 0.2) is 24.6 Å². The van der Waals surface area contributed by atoms with Crippen LogP contribution in [0.4, 0.5) is 5.82 Å². The monoisotopic (exact) mass is 234 g/mol. The van der Waals surface area contributed by atoms with Gasteiger partial charge in [0, 0.05) is 11.7 Å². The molecule has 1 aromatic rings. The number of nitrogen functional groups attached to an aromatic ring is 1. The average Bonchev–Trinajstić information content (AvgIpc) is 2.54. The van der Waals surface area contributed by atoms with Gasteiger partial charge in [-0.3, -0.25) is 0 Å². The summed E-state index contributed by atoms with van der Waals surface area (Å²) in [5, 5.41) is 0. The van der Waals surface area contributed by atoms with Crippen LogP contribution < -0.4 is 15.9 Å². The van der Waals surface area contributed by atoms with Crippen LogP contribution >= 0.6 is 0 Å². The highest BCUT2D eigenvalue weighted by Gasteiger charge is 2.43. The lowest BCUT2D eigenvalue weighted by Gasteiger charge is -2.15. The highest BCUT2D eigenvalue weighted by Crippen LogP contribution is 2.29. The molecule has 17 heavy (non-hydrogen) atoms. The summed E-state index contributed by atoms with van der Waals surface area (Å²) in [5.41, 5.74) is 5.90. The van der Waals surface area contributed by atoms with Gasteiger partial charge in [0.1, 0.15) is 5.60 Å². The lowest BCUT2D eigenvalue weighted by atomic mass is 9.80. The minimum Gasteiger partial charge on any atom is -0.534 e. The molecule has 6 heteroatoms. The molecule has 0 radical (unpaired) electrons. The van der Waals surface area contributed by atoms with E-state index in [2.05, 4.69) is 11.6 Å². The van der Waals surface area contributed by atoms with Gasteiger partial charge < -0.3 is 19.8 Å². The number of pyridine rings is 1. The van der Waals surface area contributed by atoms with E-state index in [0.29, 0.717) is 17.3 Å². The van der Waals surface area contributed by atoms with E-state index < -0.39 is 12.7 Å². The molecule has 0 bridgehead atoms. The molecule has 0 aromatic carbocycles. The second-order valence-electron chi connectivity index (χ2n) is 4.36. The molecule has 0 saturated carbocycles. The number of hydrogen-bond acceptors (Lipinski definition) is 5. The Morgan fingerprint density at radius 3 is 2.76 bits per heavy atom. The topological polar surface area (TPSA) is 66.6 Å². The number of hydrogen-bond donors (Lipinski definition) is 1. The van der Waals surface area contributed by atoms with E-state index in [1.54, 1.807) is 12.3 Å². The van der Waals surface area contributed by atoms with E-state index in [1.807, 2.05) is 13.8 Å². The van der Waals surface area contributed by atoms with Crippen LogP contribution in [0.5, 0.6) is 5.75 Å². The van der Waals surface area contributed by atoms with Gasteiger partial charge in [0.2, 0.25) is 0 Å². The molecule has 90 valence electrons. The molecule has 0 amide bonds. The molecule has 0 atom stereocenters. The minimum absolute atomic E-state index is 0.340. The first kappa shape index (κ1) is 11.8. The maximum atomic E-state index is 5.73. The zero-order chi connectivity index (χ0) is 12.6. The molecular weight excluding hydrogens is 219 g/mol. The smallest absolute Gasteiger partial charge is 0.534 e. The fourth-order valence-electron chi connectivity index (χ4n) is 1.53. The van der Waals surface area contributed by atoms with Crippen LogP contribution in [-0.4, -0.2) is 24.8 Å². The van der Waals surface area contributed by atoms with E-state index in [0.717, 1.165) is 5.46 Å². The molecule has 2 heterocycles. The Morgan fingerprint density at radius 2 is 2.24 bits per heavy atom. The van der Waals surface area contributed by atoms with Crippen molar-refractivity contribution < 1.29 is 14.0 Å². The third kappa shape index (κ3) is 2.08. The van der Waals surface area contributed by atoms with Crippen LogP contribution in [0, 0.1) is 0 Å². The van der Waals surface area contributed by atoms with E-state index in [1.165, 1.54) is 7.11 Å². The molecule has 1 aromatic heterocycles. The summed E-state index contributed by atoms with van der Waals surface area (Å²) >= 11 is 0. The fourth-order valence-corrected chi connectivity index (χ4v) is 1.53. The summed E-state index contributed by atoms with van der Waals surface area (Å²) in [6.07, 6.45) is 1.61. The van der Waals surface area contributed by atoms with Crippen LogP contribution in [-0.2, 0) is 9.31 Å². The van der Waals surface area contributed by atoms with Crippen molar-refractivity contribution in [3.63, 3.8) is 0 Å². The number of nitrogens with zero attached hydrogens (tertiary/aromatic N) is 1. The van der Waals surface area contributed by atoms with Crippen LogP contribution in [0.1, 0.15) is 13.8 Å². The SMILES string of the molecule is C=C1OB(c2cnc(N)c(OC)c2)OC1(C)C. The molecule has 2 rings (SSSR count). The summed E-state index contributed by atoms with van der Waals surface area (Å²) in [6, 6.07) is 1.75. The van der Waals surface area contributed by atoms with Crippen molar-refractivity contribution in [2.75, 3.05) is 12.8 Å². The van der Waals surface area contributed by atoms with Crippen LogP contribution in [0.3, 0.4) is 0 Å². The summed E-state index contributed by atoms with van der Waals surface area (Å²) < 4.78 is 16.4. The molecule has 1 fully saturated rings. The van der Waals surface area contributed by atoms with E-state index in [4.69, 9.17) is 19.8 Å². The minimum atomic E-state index is -0.514. The first-order valence-electron chi connectivity index (χ1n) is 5.27. The maximum Gasteiger partial charge on any atom is 0.565 e. The van der Waals surface area contributed by atoms with Gasteiger partial charge in [0.15, 0.2) is 11.6 Å². The van der Waals surface area contributed by atoms with Gasteiger partial charge in [-0.1, -0.05) is 6.58 Å². The lowest BCUT2D eigenvalue weighted by Crippen LogP contribution is -2.34. The van der Waals surface area contributed by atoms with Gasteiger partial charge in [-0.05, 0) is 19.9 Å². The standard InChI is InChI=1S/C11H15BN2O3/c1-7-11(2,3)17-12(16-7)8-5-9(15-4)10(13)14-6-8/h5-6H,1H2,2-4H3,(H2,13,14). The molecule has 1 aliphatic heterocycles. The van der Waals surface area contributed by atoms with Gasteiger partial charge in [-0.25, -0.2) is 4.98 Å². The van der Waals surface area contributed by atoms with Crippen LogP contribution in [0.2, 0.25) is 0 Å². The van der Waals surface area contributed by atoms with Crippen molar-refractivity contribution in [3.8, 4) is 5.75 Å². The van der Waals surface area contributed by atoms with Gasteiger partial charge in [-0.2, -0.15) is 0 Å². The van der Waals surface area contributed by atoms with Gasteiger partial charge >= 0.3 is 7.12 Å². The Bertz CT molecular complexity index is 462. The normalized spacial score (nSPS) is 18.1. The third-order valence-electron chi connectivity index (χ3n) is 2.72. The van der Waals surface area contributed by atoms with E-state index in [9.17, 15) is 0 Å². The Hall–Kier alpha value is -1.69. The van der Waals surface area contributed by atoms with Crippen molar-refractivity contribution in [2.45, 2.75) is 19.4 Å². The number of nitrogens with two attached hydrogens (primary N) is 1. The fraction of sp³-hybridized carbons (Fsp3) is 0.364. The Labute approximate surface area is 101 Å². The number of aromatic nitrogens is 1. The van der Waals surface area contributed by atoms with Crippen molar-refractivity contribution in [3.05, 3.63) is 24.6 Å². The molecule has 5 nitrogen and oxygen atoms in total. The van der Waals surface area contributed by atoms with Crippen molar-refractivity contribution >= 4 is 18.4 Å². The van der Waals surface area contributed by atoms with Crippen molar-refractivity contribution in [1.29, 1.82) is 0 Å². The van der Waals surface area contributed by atoms with Crippen LogP contribution in [0.25, 0.3) is 0 Å². The first-order chi connectivity index (χ1) is 7.94. The number of anilines is 1. The summed E-state index contributed by atoms with van der Waals surface area (Å²) in [4.78, 5) is 4.03. The maximum absolute atomic E-state index is 5.73. The zero-order valence-electron chi connectivity index (χ0n) is 10.2. The summed E-state index contributed by atoms with van der Waals surface area (Å²) in [6.45, 7) is 7.62. The van der Waals surface area contributed by atoms with Gasteiger partial charge in [0.25, 0.3) is 0 Å². The van der Waals surface area contributed by atoms with Gasteiger partial charge in [0.05, 0.1) is 12.9 Å². The highest BCUT2D eigenvalue weighted by atomic mass is 16.7. The predicted octanol–water partition coefficient (Wildman–Crippen LogP) is 0.707. The lowest BCUT2D eigenvalue weighted by molar-refractivity contribution is 0.173. The zero-order valence-corrected chi connectivity index (χ0v) is 10.2. The molecule has 0 unspecified atom stereocenters. The average molecular weight is 234 g/mol. The summed E-state index contributed by atoms with van der Waals surface area (Å²) in [5.74, 6) is 1.44. The molecule has 1 aliphatic rings. The first-order valence-corrected chi connectivity index (χ1v) is 5.27. The number of rotatable bonds is 2. The molecule has 0 aliphatic carbocycles. The van der Waals surface area contributed by atoms with E-state index >= 15 is 0 Å². The Kier molecular flexibility index (Phi) is 2.75. The molecule has 0 spiro atoms. The molecule has 2 N–H and O–H groups in total.